The van der Waals surface area contributed by atoms with Crippen LogP contribution in [0.25, 0.3) is 0 Å². The molecular weight excluding hydrogens is 317 g/mol. The number of hydrogen-bond donors (Lipinski definition) is 1. The lowest BCUT2D eigenvalue weighted by Gasteiger charge is -2.30. The molecule has 1 N–H and O–H groups in total. The highest BCUT2D eigenvalue weighted by atomic mass is 19.1. The van der Waals surface area contributed by atoms with Crippen LogP contribution in [0.2, 0.25) is 0 Å². The van der Waals surface area contributed by atoms with E-state index in [1.54, 1.807) is 12.1 Å². The molecule has 1 atom stereocenters. The van der Waals surface area contributed by atoms with Crippen LogP contribution in [0.5, 0.6) is 0 Å². The van der Waals surface area contributed by atoms with Crippen LogP contribution in [0.4, 0.5) is 20.6 Å². The Morgan fingerprint density at radius 1 is 1.38 bits per heavy atom. The van der Waals surface area contributed by atoms with Gasteiger partial charge in [0.1, 0.15) is 12.4 Å². The van der Waals surface area contributed by atoms with E-state index < -0.39 is 11.9 Å². The molecule has 2 aliphatic heterocycles. The van der Waals surface area contributed by atoms with Crippen molar-refractivity contribution < 1.29 is 23.5 Å². The quantitative estimate of drug-likeness (QED) is 0.892. The normalized spacial score (nSPS) is 20.9. The number of benzene rings is 1. The van der Waals surface area contributed by atoms with Gasteiger partial charge in [-0.3, -0.25) is 9.69 Å². The Labute approximate surface area is 139 Å². The van der Waals surface area contributed by atoms with E-state index in [2.05, 4.69) is 5.32 Å². The summed E-state index contributed by atoms with van der Waals surface area (Å²) >= 11 is 0. The molecule has 2 saturated heterocycles. The summed E-state index contributed by atoms with van der Waals surface area (Å²) in [6.07, 6.45) is -0.538. The summed E-state index contributed by atoms with van der Waals surface area (Å²) in [5, 5.41) is 2.66. The molecule has 0 spiro atoms. The average molecular weight is 337 g/mol. The number of morpholine rings is 1. The third kappa shape index (κ3) is 3.43. The molecule has 0 aliphatic carbocycles. The molecule has 0 bridgehead atoms. The van der Waals surface area contributed by atoms with Crippen LogP contribution in [0, 0.1) is 5.82 Å². The summed E-state index contributed by atoms with van der Waals surface area (Å²) in [5.74, 6) is -0.587. The van der Waals surface area contributed by atoms with Gasteiger partial charge in [-0.1, -0.05) is 0 Å². The Hall–Kier alpha value is -2.35. The van der Waals surface area contributed by atoms with Crippen LogP contribution in [-0.4, -0.2) is 57.5 Å². The Balaban J connectivity index is 1.78. The SMILES string of the molecule is CC(=O)NC[C@@H]1COC(=O)N1c1ccc(N2CCOCC2)c(F)c1. The first-order valence-corrected chi connectivity index (χ1v) is 7.89. The highest BCUT2D eigenvalue weighted by Gasteiger charge is 2.34. The average Bonchev–Trinajstić information content (AvgIpc) is 2.94. The van der Waals surface area contributed by atoms with Gasteiger partial charge in [-0.2, -0.15) is 0 Å². The van der Waals surface area contributed by atoms with E-state index in [-0.39, 0.29) is 25.1 Å². The Morgan fingerprint density at radius 3 is 2.79 bits per heavy atom. The molecule has 130 valence electrons. The number of nitrogens with zero attached hydrogens (tertiary/aromatic N) is 2. The summed E-state index contributed by atoms with van der Waals surface area (Å²) in [7, 11) is 0. The van der Waals surface area contributed by atoms with Gasteiger partial charge < -0.3 is 19.7 Å². The number of nitrogens with one attached hydrogen (secondary N) is 1. The minimum Gasteiger partial charge on any atom is -0.447 e. The first-order chi connectivity index (χ1) is 11.6. The maximum absolute atomic E-state index is 14.5. The van der Waals surface area contributed by atoms with Gasteiger partial charge in [0.25, 0.3) is 0 Å². The number of rotatable bonds is 4. The molecule has 0 saturated carbocycles. The Morgan fingerprint density at radius 2 is 2.12 bits per heavy atom. The van der Waals surface area contributed by atoms with E-state index in [1.165, 1.54) is 17.9 Å². The van der Waals surface area contributed by atoms with Crippen LogP contribution in [0.15, 0.2) is 18.2 Å². The molecule has 24 heavy (non-hydrogen) atoms. The molecule has 1 aromatic rings. The number of ether oxygens (including phenoxy) is 2. The standard InChI is InChI=1S/C16H20FN3O4/c1-11(21)18-9-13-10-24-16(22)20(13)12-2-3-15(14(17)8-12)19-4-6-23-7-5-19/h2-3,8,13H,4-7,9-10H2,1H3,(H,18,21)/t13-/m1/s1. The molecule has 2 aliphatic rings. The van der Waals surface area contributed by atoms with Gasteiger partial charge in [-0.15, -0.1) is 0 Å². The van der Waals surface area contributed by atoms with Crippen molar-refractivity contribution in [3.63, 3.8) is 0 Å². The van der Waals surface area contributed by atoms with Crippen LogP contribution in [-0.2, 0) is 14.3 Å². The van der Waals surface area contributed by atoms with Gasteiger partial charge in [0.05, 0.1) is 30.6 Å². The molecule has 2 amide bonds. The lowest BCUT2D eigenvalue weighted by atomic mass is 10.2. The fraction of sp³-hybridized carbons (Fsp3) is 0.500. The second-order valence-electron chi connectivity index (χ2n) is 5.77. The molecule has 2 fully saturated rings. The van der Waals surface area contributed by atoms with Gasteiger partial charge in [0, 0.05) is 26.6 Å². The molecular formula is C16H20FN3O4. The van der Waals surface area contributed by atoms with E-state index in [0.29, 0.717) is 37.7 Å². The number of carbonyl (C=O) groups is 2. The van der Waals surface area contributed by atoms with E-state index >= 15 is 0 Å². The van der Waals surface area contributed by atoms with Crippen molar-refractivity contribution in [2.24, 2.45) is 0 Å². The van der Waals surface area contributed by atoms with Crippen LogP contribution in [0.1, 0.15) is 6.92 Å². The summed E-state index contributed by atoms with van der Waals surface area (Å²) in [4.78, 5) is 26.3. The van der Waals surface area contributed by atoms with Crippen LogP contribution < -0.4 is 15.1 Å². The second kappa shape index (κ2) is 7.04. The molecule has 0 radical (unpaired) electrons. The second-order valence-corrected chi connectivity index (χ2v) is 5.77. The van der Waals surface area contributed by atoms with Crippen molar-refractivity contribution in [1.82, 2.24) is 5.32 Å². The third-order valence-corrected chi connectivity index (χ3v) is 4.11. The molecule has 3 rings (SSSR count). The lowest BCUT2D eigenvalue weighted by Crippen LogP contribution is -2.42. The van der Waals surface area contributed by atoms with Gasteiger partial charge in [0.15, 0.2) is 0 Å². The number of amides is 2. The molecule has 1 aromatic carbocycles. The first-order valence-electron chi connectivity index (χ1n) is 7.89. The summed E-state index contributed by atoms with van der Waals surface area (Å²) in [5.41, 5.74) is 0.912. The maximum Gasteiger partial charge on any atom is 0.414 e. The number of hydrogen-bond acceptors (Lipinski definition) is 5. The molecule has 0 unspecified atom stereocenters. The monoisotopic (exact) mass is 337 g/mol. The smallest absolute Gasteiger partial charge is 0.414 e. The summed E-state index contributed by atoms with van der Waals surface area (Å²) in [6.45, 7) is 4.22. The van der Waals surface area contributed by atoms with Gasteiger partial charge in [-0.05, 0) is 18.2 Å². The van der Waals surface area contributed by atoms with E-state index in [1.807, 2.05) is 4.90 Å². The number of anilines is 2. The third-order valence-electron chi connectivity index (χ3n) is 4.11. The fourth-order valence-corrected chi connectivity index (χ4v) is 2.89. The van der Waals surface area contributed by atoms with Crippen molar-refractivity contribution in [2.45, 2.75) is 13.0 Å². The van der Waals surface area contributed by atoms with Gasteiger partial charge in [-0.25, -0.2) is 9.18 Å². The zero-order valence-electron chi connectivity index (χ0n) is 13.5. The summed E-state index contributed by atoms with van der Waals surface area (Å²) in [6, 6.07) is 4.34. The number of halogens is 1. The number of cyclic esters (lactones) is 1. The first kappa shape index (κ1) is 16.5. The van der Waals surface area contributed by atoms with E-state index in [0.717, 1.165) is 0 Å². The predicted octanol–water partition coefficient (Wildman–Crippen LogP) is 1.12. The minimum absolute atomic E-state index is 0.159. The van der Waals surface area contributed by atoms with Crippen molar-refractivity contribution in [1.29, 1.82) is 0 Å². The topological polar surface area (TPSA) is 71.1 Å². The van der Waals surface area contributed by atoms with Crippen molar-refractivity contribution in [3.8, 4) is 0 Å². The molecule has 2 heterocycles. The van der Waals surface area contributed by atoms with Crippen molar-refractivity contribution in [3.05, 3.63) is 24.0 Å². The maximum atomic E-state index is 14.5. The Bertz CT molecular complexity index is 634. The van der Waals surface area contributed by atoms with E-state index in [9.17, 15) is 14.0 Å². The highest BCUT2D eigenvalue weighted by Crippen LogP contribution is 2.29. The summed E-state index contributed by atoms with van der Waals surface area (Å²) < 4.78 is 24.8. The van der Waals surface area contributed by atoms with Crippen molar-refractivity contribution in [2.75, 3.05) is 49.3 Å². The largest absolute Gasteiger partial charge is 0.447 e. The van der Waals surface area contributed by atoms with Gasteiger partial charge in [0.2, 0.25) is 5.91 Å². The molecule has 0 aromatic heterocycles. The minimum atomic E-state index is -0.538. The van der Waals surface area contributed by atoms with Gasteiger partial charge >= 0.3 is 6.09 Å². The molecule has 7 nitrogen and oxygen atoms in total. The fourth-order valence-electron chi connectivity index (χ4n) is 2.89. The zero-order chi connectivity index (χ0) is 17.1. The lowest BCUT2D eigenvalue weighted by molar-refractivity contribution is -0.119. The predicted molar refractivity (Wildman–Crippen MR) is 85.7 cm³/mol. The number of carbonyl (C=O) groups excluding carboxylic acids is 2. The Kier molecular flexibility index (Phi) is 4.84. The molecule has 8 heteroatoms. The highest BCUT2D eigenvalue weighted by molar-refractivity contribution is 5.90. The van der Waals surface area contributed by atoms with Crippen LogP contribution in [0.3, 0.4) is 0 Å². The van der Waals surface area contributed by atoms with E-state index in [4.69, 9.17) is 9.47 Å². The van der Waals surface area contributed by atoms with Crippen molar-refractivity contribution >= 4 is 23.4 Å². The zero-order valence-corrected chi connectivity index (χ0v) is 13.5. The van der Waals surface area contributed by atoms with Crippen LogP contribution >= 0.6 is 0 Å².